The van der Waals surface area contributed by atoms with Gasteiger partial charge in [-0.1, -0.05) is 18.2 Å². The molecule has 1 fully saturated rings. The highest BCUT2D eigenvalue weighted by atomic mass is 19.1. The maximum atomic E-state index is 13.1. The summed E-state index contributed by atoms with van der Waals surface area (Å²) in [4.78, 5) is 15.0. The second kappa shape index (κ2) is 7.72. The van der Waals surface area contributed by atoms with Crippen LogP contribution in [-0.4, -0.2) is 33.2 Å². The molecule has 0 saturated carbocycles. The summed E-state index contributed by atoms with van der Waals surface area (Å²) >= 11 is 0. The standard InChI is InChI=1S/C21H21FN4O/c22-17-9-7-16(8-10-17)15-25-12-2-6-20(25)21(27)24-18-4-1-5-19(14-18)26-13-3-11-23-26/h1,3-5,7-11,13-14,20H,2,6,12,15H2,(H,24,27). The molecule has 5 nitrogen and oxygen atoms in total. The van der Waals surface area contributed by atoms with Gasteiger partial charge in [0, 0.05) is 24.6 Å². The van der Waals surface area contributed by atoms with E-state index >= 15 is 0 Å². The lowest BCUT2D eigenvalue weighted by Gasteiger charge is -2.24. The van der Waals surface area contributed by atoms with Crippen molar-refractivity contribution < 1.29 is 9.18 Å². The predicted molar refractivity (Wildman–Crippen MR) is 102 cm³/mol. The van der Waals surface area contributed by atoms with Gasteiger partial charge in [-0.25, -0.2) is 9.07 Å². The Balaban J connectivity index is 1.44. The van der Waals surface area contributed by atoms with Crippen molar-refractivity contribution in [3.8, 4) is 5.69 Å². The third kappa shape index (κ3) is 4.06. The van der Waals surface area contributed by atoms with Crippen molar-refractivity contribution in [1.29, 1.82) is 0 Å². The third-order valence-electron chi connectivity index (χ3n) is 4.85. The van der Waals surface area contributed by atoms with Crippen molar-refractivity contribution in [3.05, 3.63) is 78.4 Å². The number of hydrogen-bond acceptors (Lipinski definition) is 3. The zero-order chi connectivity index (χ0) is 18.6. The van der Waals surface area contributed by atoms with E-state index in [9.17, 15) is 9.18 Å². The number of nitrogens with one attached hydrogen (secondary N) is 1. The van der Waals surface area contributed by atoms with Crippen LogP contribution in [0.3, 0.4) is 0 Å². The first-order chi connectivity index (χ1) is 13.2. The minimum atomic E-state index is -0.244. The highest BCUT2D eigenvalue weighted by Crippen LogP contribution is 2.22. The molecule has 2 heterocycles. The molecule has 1 amide bonds. The number of nitrogens with zero attached hydrogens (tertiary/aromatic N) is 3. The summed E-state index contributed by atoms with van der Waals surface area (Å²) < 4.78 is 14.9. The summed E-state index contributed by atoms with van der Waals surface area (Å²) in [7, 11) is 0. The zero-order valence-corrected chi connectivity index (χ0v) is 14.9. The SMILES string of the molecule is O=C(Nc1cccc(-n2cccn2)c1)C1CCCN1Cc1ccc(F)cc1. The summed E-state index contributed by atoms with van der Waals surface area (Å²) in [5.74, 6) is -0.251. The number of carbonyl (C=O) groups is 1. The average molecular weight is 364 g/mol. The average Bonchev–Trinajstić information content (AvgIpc) is 3.36. The summed E-state index contributed by atoms with van der Waals surface area (Å²) in [6, 6.07) is 15.8. The minimum absolute atomic E-state index is 0.00720. The van der Waals surface area contributed by atoms with E-state index in [-0.39, 0.29) is 17.8 Å². The first-order valence-electron chi connectivity index (χ1n) is 9.08. The van der Waals surface area contributed by atoms with Crippen molar-refractivity contribution in [2.75, 3.05) is 11.9 Å². The van der Waals surface area contributed by atoms with Crippen LogP contribution in [0.25, 0.3) is 5.69 Å². The molecule has 2 aromatic carbocycles. The number of amides is 1. The molecule has 0 spiro atoms. The summed E-state index contributed by atoms with van der Waals surface area (Å²) in [5, 5.41) is 7.25. The number of benzene rings is 2. The fraction of sp³-hybridized carbons (Fsp3) is 0.238. The predicted octanol–water partition coefficient (Wildman–Crippen LogP) is 3.61. The van der Waals surface area contributed by atoms with Crippen molar-refractivity contribution in [3.63, 3.8) is 0 Å². The normalized spacial score (nSPS) is 17.1. The van der Waals surface area contributed by atoms with E-state index in [1.54, 1.807) is 23.0 Å². The van der Waals surface area contributed by atoms with E-state index < -0.39 is 0 Å². The smallest absolute Gasteiger partial charge is 0.241 e. The van der Waals surface area contributed by atoms with Gasteiger partial charge in [-0.15, -0.1) is 0 Å². The van der Waals surface area contributed by atoms with E-state index in [0.29, 0.717) is 6.54 Å². The monoisotopic (exact) mass is 364 g/mol. The lowest BCUT2D eigenvalue weighted by atomic mass is 10.1. The van der Waals surface area contributed by atoms with Gasteiger partial charge in [0.25, 0.3) is 0 Å². The van der Waals surface area contributed by atoms with Gasteiger partial charge in [0.05, 0.1) is 11.7 Å². The topological polar surface area (TPSA) is 50.2 Å². The molecule has 1 aromatic heterocycles. The largest absolute Gasteiger partial charge is 0.325 e. The summed E-state index contributed by atoms with van der Waals surface area (Å²) in [6.07, 6.45) is 5.39. The molecule has 1 N–H and O–H groups in total. The molecule has 1 unspecified atom stereocenters. The number of likely N-dealkylation sites (tertiary alicyclic amines) is 1. The number of halogens is 1. The second-order valence-corrected chi connectivity index (χ2v) is 6.75. The Hall–Kier alpha value is -2.99. The highest BCUT2D eigenvalue weighted by Gasteiger charge is 2.30. The number of hydrogen-bond donors (Lipinski definition) is 1. The van der Waals surface area contributed by atoms with Crippen LogP contribution in [0, 0.1) is 5.82 Å². The van der Waals surface area contributed by atoms with Crippen LogP contribution in [-0.2, 0) is 11.3 Å². The Bertz CT molecular complexity index is 908. The molecule has 138 valence electrons. The Labute approximate surface area is 157 Å². The summed E-state index contributed by atoms with van der Waals surface area (Å²) in [6.45, 7) is 1.51. The first-order valence-corrected chi connectivity index (χ1v) is 9.08. The maximum absolute atomic E-state index is 13.1. The zero-order valence-electron chi connectivity index (χ0n) is 14.9. The number of rotatable bonds is 5. The van der Waals surface area contributed by atoms with E-state index in [1.807, 2.05) is 36.5 Å². The van der Waals surface area contributed by atoms with E-state index in [0.717, 1.165) is 36.3 Å². The number of carbonyl (C=O) groups excluding carboxylic acids is 1. The molecule has 4 rings (SSSR count). The van der Waals surface area contributed by atoms with Crippen molar-refractivity contribution in [2.45, 2.75) is 25.4 Å². The van der Waals surface area contributed by atoms with Gasteiger partial charge < -0.3 is 5.32 Å². The Morgan fingerprint density at radius 3 is 2.81 bits per heavy atom. The molecule has 6 heteroatoms. The van der Waals surface area contributed by atoms with Crippen LogP contribution in [0.5, 0.6) is 0 Å². The first kappa shape index (κ1) is 17.4. The van der Waals surface area contributed by atoms with Crippen molar-refractivity contribution >= 4 is 11.6 Å². The van der Waals surface area contributed by atoms with Crippen LogP contribution in [0.1, 0.15) is 18.4 Å². The van der Waals surface area contributed by atoms with Gasteiger partial charge in [-0.3, -0.25) is 9.69 Å². The van der Waals surface area contributed by atoms with Crippen LogP contribution >= 0.6 is 0 Å². The third-order valence-corrected chi connectivity index (χ3v) is 4.85. The molecular weight excluding hydrogens is 343 g/mol. The fourth-order valence-corrected chi connectivity index (χ4v) is 3.51. The Morgan fingerprint density at radius 2 is 2.04 bits per heavy atom. The number of aromatic nitrogens is 2. The molecule has 0 aliphatic carbocycles. The molecule has 1 atom stereocenters. The lowest BCUT2D eigenvalue weighted by molar-refractivity contribution is -0.120. The maximum Gasteiger partial charge on any atom is 0.241 e. The van der Waals surface area contributed by atoms with E-state index in [1.165, 1.54) is 12.1 Å². The Kier molecular flexibility index (Phi) is 4.98. The van der Waals surface area contributed by atoms with Crippen LogP contribution in [0.4, 0.5) is 10.1 Å². The molecule has 3 aromatic rings. The van der Waals surface area contributed by atoms with E-state index in [2.05, 4.69) is 15.3 Å². The fourth-order valence-electron chi connectivity index (χ4n) is 3.51. The lowest BCUT2D eigenvalue weighted by Crippen LogP contribution is -2.39. The Morgan fingerprint density at radius 1 is 1.19 bits per heavy atom. The molecule has 27 heavy (non-hydrogen) atoms. The molecule has 1 aliphatic rings. The molecule has 1 aliphatic heterocycles. The van der Waals surface area contributed by atoms with Gasteiger partial charge in [-0.05, 0) is 61.3 Å². The van der Waals surface area contributed by atoms with Crippen LogP contribution < -0.4 is 5.32 Å². The highest BCUT2D eigenvalue weighted by molar-refractivity contribution is 5.95. The van der Waals surface area contributed by atoms with Gasteiger partial charge in [0.15, 0.2) is 0 Å². The van der Waals surface area contributed by atoms with Crippen LogP contribution in [0.2, 0.25) is 0 Å². The molecule has 0 radical (unpaired) electrons. The van der Waals surface area contributed by atoms with Crippen molar-refractivity contribution in [1.82, 2.24) is 14.7 Å². The van der Waals surface area contributed by atoms with Gasteiger partial charge in [-0.2, -0.15) is 5.10 Å². The minimum Gasteiger partial charge on any atom is -0.325 e. The second-order valence-electron chi connectivity index (χ2n) is 6.75. The van der Waals surface area contributed by atoms with Gasteiger partial charge >= 0.3 is 0 Å². The molecule has 1 saturated heterocycles. The quantitative estimate of drug-likeness (QED) is 0.752. The van der Waals surface area contributed by atoms with E-state index in [4.69, 9.17) is 0 Å². The summed E-state index contributed by atoms with van der Waals surface area (Å²) in [5.41, 5.74) is 2.66. The molecule has 0 bridgehead atoms. The van der Waals surface area contributed by atoms with Gasteiger partial charge in [0.2, 0.25) is 5.91 Å². The van der Waals surface area contributed by atoms with Crippen LogP contribution in [0.15, 0.2) is 67.0 Å². The number of anilines is 1. The van der Waals surface area contributed by atoms with Gasteiger partial charge in [0.1, 0.15) is 5.82 Å². The van der Waals surface area contributed by atoms with Crippen molar-refractivity contribution in [2.24, 2.45) is 0 Å². The molecular formula is C21H21FN4O.